The number of rotatable bonds is 4. The molecule has 0 bridgehead atoms. The molecule has 0 aliphatic rings. The summed E-state index contributed by atoms with van der Waals surface area (Å²) in [6.45, 7) is 0. The smallest absolute Gasteiger partial charge is 0.250 e. The van der Waals surface area contributed by atoms with E-state index in [1.165, 1.54) is 0 Å². The molecule has 0 saturated carbocycles. The molecule has 16 heavy (non-hydrogen) atoms. The van der Waals surface area contributed by atoms with Gasteiger partial charge in [0.25, 0.3) is 0 Å². The highest BCUT2D eigenvalue weighted by Gasteiger charge is 2.10. The van der Waals surface area contributed by atoms with E-state index in [-0.39, 0.29) is 5.94 Å². The fraction of sp³-hybridized carbons (Fsp3) is 0.0769. The molecule has 0 aliphatic carbocycles. The maximum Gasteiger partial charge on any atom is 0.250 e. The maximum absolute atomic E-state index is 11.8. The molecule has 2 aromatic carbocycles. The molecule has 0 aromatic heterocycles. The van der Waals surface area contributed by atoms with Gasteiger partial charge in [-0.2, -0.15) is 0 Å². The summed E-state index contributed by atoms with van der Waals surface area (Å²) >= 11 is -1.11. The molecule has 0 heterocycles. The molecule has 2 rings (SSSR count). The summed E-state index contributed by atoms with van der Waals surface area (Å²) in [6.07, 6.45) is 0. The number of benzene rings is 2. The third-order valence-electron chi connectivity index (χ3n) is 2.08. The monoisotopic (exact) mass is 232 g/mol. The van der Waals surface area contributed by atoms with Crippen molar-refractivity contribution in [2.45, 2.75) is 4.90 Å². The maximum atomic E-state index is 11.8. The first kappa shape index (κ1) is 11.0. The molecule has 1 unspecified atom stereocenters. The van der Waals surface area contributed by atoms with Gasteiger partial charge in [-0.3, -0.25) is 0 Å². The minimum Gasteiger partial charge on any atom is -0.609 e. The molecular weight excluding hydrogens is 220 g/mol. The van der Waals surface area contributed by atoms with Crippen LogP contribution in [0.1, 0.15) is 0 Å². The third kappa shape index (κ3) is 3.02. The van der Waals surface area contributed by atoms with E-state index in [0.29, 0.717) is 0 Å². The zero-order chi connectivity index (χ0) is 11.2. The summed E-state index contributed by atoms with van der Waals surface area (Å²) in [5.74, 6) is 0.931. The Morgan fingerprint density at radius 2 is 1.44 bits per heavy atom. The fourth-order valence-corrected chi connectivity index (χ4v) is 2.12. The number of ether oxygens (including phenoxy) is 1. The highest BCUT2D eigenvalue weighted by atomic mass is 32.2. The first-order valence-corrected chi connectivity index (χ1v) is 6.29. The topological polar surface area (TPSA) is 32.3 Å². The lowest BCUT2D eigenvalue weighted by molar-refractivity contribution is 0.376. The predicted octanol–water partition coefficient (Wildman–Crippen LogP) is 2.83. The Labute approximate surface area is 98.1 Å². The zero-order valence-electron chi connectivity index (χ0n) is 8.71. The van der Waals surface area contributed by atoms with E-state index in [2.05, 4.69) is 0 Å². The molecule has 0 aliphatic heterocycles. The summed E-state index contributed by atoms with van der Waals surface area (Å²) in [6, 6.07) is 18.7. The SMILES string of the molecule is [O-][S+](COc1ccccc1)c1ccccc1. The number of hydrogen-bond donors (Lipinski definition) is 0. The fourth-order valence-electron chi connectivity index (χ4n) is 1.28. The lowest BCUT2D eigenvalue weighted by Gasteiger charge is -2.11. The van der Waals surface area contributed by atoms with Crippen LogP contribution in [0.15, 0.2) is 65.6 Å². The molecule has 0 radical (unpaired) electrons. The van der Waals surface area contributed by atoms with E-state index in [1.54, 1.807) is 0 Å². The van der Waals surface area contributed by atoms with Crippen LogP contribution < -0.4 is 4.74 Å². The van der Waals surface area contributed by atoms with Crippen LogP contribution in [-0.2, 0) is 11.2 Å². The molecule has 0 spiro atoms. The molecule has 0 saturated heterocycles. The third-order valence-corrected chi connectivity index (χ3v) is 3.21. The van der Waals surface area contributed by atoms with E-state index >= 15 is 0 Å². The van der Waals surface area contributed by atoms with Crippen molar-refractivity contribution in [3.63, 3.8) is 0 Å². The van der Waals surface area contributed by atoms with Crippen molar-refractivity contribution in [3.8, 4) is 5.75 Å². The number of hydrogen-bond acceptors (Lipinski definition) is 2. The van der Waals surface area contributed by atoms with Gasteiger partial charge in [0.1, 0.15) is 5.75 Å². The molecule has 1 atom stereocenters. The quantitative estimate of drug-likeness (QED) is 0.759. The van der Waals surface area contributed by atoms with Gasteiger partial charge in [-0.1, -0.05) is 36.4 Å². The van der Waals surface area contributed by atoms with Crippen LogP contribution in [0.4, 0.5) is 0 Å². The summed E-state index contributed by atoms with van der Waals surface area (Å²) in [5, 5.41) is 0. The molecule has 0 amide bonds. The first-order valence-electron chi connectivity index (χ1n) is 4.97. The van der Waals surface area contributed by atoms with Crippen molar-refractivity contribution in [2.75, 3.05) is 5.94 Å². The molecule has 3 heteroatoms. The molecule has 0 N–H and O–H groups in total. The lowest BCUT2D eigenvalue weighted by atomic mass is 10.3. The second kappa shape index (κ2) is 5.58. The standard InChI is InChI=1S/C13H12O2S/c14-16(13-9-5-2-6-10-13)11-15-12-7-3-1-4-8-12/h1-10H,11H2. The number of para-hydroxylation sites is 1. The Bertz CT molecular complexity index is 416. The van der Waals surface area contributed by atoms with Gasteiger partial charge in [0.2, 0.25) is 5.94 Å². The van der Waals surface area contributed by atoms with E-state index in [4.69, 9.17) is 4.74 Å². The molecule has 2 aromatic rings. The normalized spacial score (nSPS) is 12.1. The minimum atomic E-state index is -1.11. The average Bonchev–Trinajstić information content (AvgIpc) is 2.38. The van der Waals surface area contributed by atoms with E-state index in [1.807, 2.05) is 60.7 Å². The van der Waals surface area contributed by atoms with Crippen molar-refractivity contribution in [2.24, 2.45) is 0 Å². The first-order chi connectivity index (χ1) is 7.86. The Hall–Kier alpha value is -1.45. The van der Waals surface area contributed by atoms with Gasteiger partial charge in [0.05, 0.1) is 0 Å². The van der Waals surface area contributed by atoms with E-state index in [0.717, 1.165) is 10.6 Å². The van der Waals surface area contributed by atoms with Crippen LogP contribution in [0.2, 0.25) is 0 Å². The van der Waals surface area contributed by atoms with Gasteiger partial charge in [-0.15, -0.1) is 0 Å². The second-order valence-corrected chi connectivity index (χ2v) is 4.63. The van der Waals surface area contributed by atoms with Gasteiger partial charge in [0.15, 0.2) is 4.90 Å². The lowest BCUT2D eigenvalue weighted by Crippen LogP contribution is -2.12. The predicted molar refractivity (Wildman–Crippen MR) is 64.8 cm³/mol. The largest absolute Gasteiger partial charge is 0.609 e. The van der Waals surface area contributed by atoms with Gasteiger partial charge < -0.3 is 9.29 Å². The molecule has 2 nitrogen and oxygen atoms in total. The van der Waals surface area contributed by atoms with Crippen LogP contribution in [0, 0.1) is 0 Å². The molecular formula is C13H12O2S. The van der Waals surface area contributed by atoms with Crippen molar-refractivity contribution in [3.05, 3.63) is 60.7 Å². The summed E-state index contributed by atoms with van der Waals surface area (Å²) < 4.78 is 17.2. The van der Waals surface area contributed by atoms with Crippen LogP contribution in [-0.4, -0.2) is 10.5 Å². The summed E-state index contributed by atoms with van der Waals surface area (Å²) in [5.41, 5.74) is 0. The Morgan fingerprint density at radius 1 is 0.875 bits per heavy atom. The summed E-state index contributed by atoms with van der Waals surface area (Å²) in [4.78, 5) is 0.790. The van der Waals surface area contributed by atoms with E-state index < -0.39 is 11.2 Å². The average molecular weight is 232 g/mol. The van der Waals surface area contributed by atoms with Gasteiger partial charge in [0, 0.05) is 11.2 Å². The van der Waals surface area contributed by atoms with Crippen LogP contribution in [0.25, 0.3) is 0 Å². The minimum absolute atomic E-state index is 0.189. The van der Waals surface area contributed by atoms with Crippen LogP contribution in [0.5, 0.6) is 5.75 Å². The summed E-state index contributed by atoms with van der Waals surface area (Å²) in [7, 11) is 0. The van der Waals surface area contributed by atoms with Crippen molar-refractivity contribution < 1.29 is 9.29 Å². The van der Waals surface area contributed by atoms with E-state index in [9.17, 15) is 4.55 Å². The Morgan fingerprint density at radius 3 is 2.06 bits per heavy atom. The van der Waals surface area contributed by atoms with Crippen LogP contribution >= 0.6 is 0 Å². The zero-order valence-corrected chi connectivity index (χ0v) is 9.52. The molecule has 82 valence electrons. The second-order valence-electron chi connectivity index (χ2n) is 3.23. The van der Waals surface area contributed by atoms with Crippen LogP contribution in [0.3, 0.4) is 0 Å². The Kier molecular flexibility index (Phi) is 3.86. The highest BCUT2D eigenvalue weighted by molar-refractivity contribution is 7.91. The highest BCUT2D eigenvalue weighted by Crippen LogP contribution is 2.14. The van der Waals surface area contributed by atoms with Crippen molar-refractivity contribution in [1.82, 2.24) is 0 Å². The van der Waals surface area contributed by atoms with Gasteiger partial charge >= 0.3 is 0 Å². The van der Waals surface area contributed by atoms with Gasteiger partial charge in [-0.25, -0.2) is 0 Å². The van der Waals surface area contributed by atoms with Crippen molar-refractivity contribution >= 4 is 11.2 Å². The van der Waals surface area contributed by atoms with Gasteiger partial charge in [-0.05, 0) is 24.3 Å². The Balaban J connectivity index is 1.92. The van der Waals surface area contributed by atoms with Crippen molar-refractivity contribution in [1.29, 1.82) is 0 Å². The molecule has 0 fully saturated rings.